The highest BCUT2D eigenvalue weighted by Gasteiger charge is 2.59. The number of pyridine rings is 1. The van der Waals surface area contributed by atoms with Crippen molar-refractivity contribution in [3.63, 3.8) is 0 Å². The minimum atomic E-state index is -4.03. The van der Waals surface area contributed by atoms with Crippen molar-refractivity contribution in [2.75, 3.05) is 5.32 Å². The highest BCUT2D eigenvalue weighted by molar-refractivity contribution is 7.92. The maximum Gasteiger partial charge on any atom is 0.255 e. The average Bonchev–Trinajstić information content (AvgIpc) is 3.06. The lowest BCUT2D eigenvalue weighted by molar-refractivity contribution is -0.145. The van der Waals surface area contributed by atoms with Crippen LogP contribution in [-0.4, -0.2) is 40.4 Å². The van der Waals surface area contributed by atoms with Gasteiger partial charge in [-0.2, -0.15) is 0 Å². The maximum atomic E-state index is 13.7. The van der Waals surface area contributed by atoms with Crippen LogP contribution < -0.4 is 5.32 Å². The smallest absolute Gasteiger partial charge is 0.255 e. The summed E-state index contributed by atoms with van der Waals surface area (Å²) in [7, 11) is -4.03. The van der Waals surface area contributed by atoms with E-state index < -0.39 is 56.2 Å². The molecule has 0 radical (unpaired) electrons. The highest BCUT2D eigenvalue weighted by atomic mass is 35.5. The lowest BCUT2D eigenvalue weighted by atomic mass is 9.70. The van der Waals surface area contributed by atoms with Crippen LogP contribution in [0.4, 0.5) is 14.5 Å². The molecule has 0 saturated heterocycles. The van der Waals surface area contributed by atoms with Crippen molar-refractivity contribution in [3.8, 4) is 0 Å². The van der Waals surface area contributed by atoms with E-state index in [2.05, 4.69) is 10.3 Å². The third kappa shape index (κ3) is 4.59. The predicted molar refractivity (Wildman–Crippen MR) is 136 cm³/mol. The van der Waals surface area contributed by atoms with Gasteiger partial charge in [-0.1, -0.05) is 17.7 Å². The molecule has 2 aliphatic rings. The van der Waals surface area contributed by atoms with Crippen molar-refractivity contribution in [1.29, 1.82) is 0 Å². The molecule has 11 heteroatoms. The Labute approximate surface area is 223 Å². The summed E-state index contributed by atoms with van der Waals surface area (Å²) in [5, 5.41) is 24.1. The van der Waals surface area contributed by atoms with Gasteiger partial charge < -0.3 is 15.5 Å². The van der Waals surface area contributed by atoms with Crippen LogP contribution in [0.25, 0.3) is 0 Å². The number of aliphatic hydroxyl groups is 2. The Morgan fingerprint density at radius 1 is 1.05 bits per heavy atom. The lowest BCUT2D eigenvalue weighted by Gasteiger charge is -2.45. The number of anilines is 1. The summed E-state index contributed by atoms with van der Waals surface area (Å²) in [5.74, 6) is -3.87. The number of fused-ring (bicyclic) bond motifs is 2. The van der Waals surface area contributed by atoms with E-state index in [1.807, 2.05) is 0 Å². The molecule has 1 aromatic heterocycles. The van der Waals surface area contributed by atoms with Gasteiger partial charge in [-0.3, -0.25) is 9.78 Å². The molecule has 3 aromatic rings. The lowest BCUT2D eigenvalue weighted by Crippen LogP contribution is -2.52. The number of halogens is 3. The van der Waals surface area contributed by atoms with E-state index in [4.69, 9.17) is 11.6 Å². The molecule has 2 aromatic carbocycles. The van der Waals surface area contributed by atoms with Gasteiger partial charge >= 0.3 is 0 Å². The van der Waals surface area contributed by atoms with E-state index in [1.54, 1.807) is 18.2 Å². The van der Waals surface area contributed by atoms with E-state index in [9.17, 15) is 32.2 Å². The number of hydrogen-bond donors (Lipinski definition) is 3. The van der Waals surface area contributed by atoms with Crippen molar-refractivity contribution >= 4 is 33.0 Å². The Kier molecular flexibility index (Phi) is 7.02. The van der Waals surface area contributed by atoms with Crippen molar-refractivity contribution < 1.29 is 32.2 Å². The number of nitrogens with zero attached hydrogens (tertiary/aromatic N) is 1. The Bertz CT molecular complexity index is 1470. The normalized spacial score (nSPS) is 25.7. The van der Waals surface area contributed by atoms with Gasteiger partial charge in [0.15, 0.2) is 21.5 Å². The first-order valence-electron chi connectivity index (χ1n) is 12.1. The molecule has 2 bridgehead atoms. The molecule has 2 fully saturated rings. The van der Waals surface area contributed by atoms with Gasteiger partial charge in [0, 0.05) is 23.5 Å². The summed E-state index contributed by atoms with van der Waals surface area (Å²) < 4.78 is 54.2. The Balaban J connectivity index is 1.39. The van der Waals surface area contributed by atoms with Crippen LogP contribution in [0.1, 0.15) is 47.8 Å². The molecule has 1 unspecified atom stereocenters. The molecule has 2 aliphatic carbocycles. The van der Waals surface area contributed by atoms with Gasteiger partial charge in [-0.25, -0.2) is 17.2 Å². The number of carbonyl (C=O) groups excluding carboxylic acids is 1. The van der Waals surface area contributed by atoms with E-state index in [-0.39, 0.29) is 34.0 Å². The number of carbonyl (C=O) groups is 1. The molecule has 0 aliphatic heterocycles. The maximum absolute atomic E-state index is 13.7. The molecule has 1 amide bonds. The fourth-order valence-electron chi connectivity index (χ4n) is 5.84. The Morgan fingerprint density at radius 2 is 1.76 bits per heavy atom. The van der Waals surface area contributed by atoms with E-state index in [0.717, 1.165) is 12.1 Å². The van der Waals surface area contributed by atoms with Gasteiger partial charge in [0.05, 0.1) is 20.9 Å². The number of hydrogen-bond acceptors (Lipinski definition) is 6. The van der Waals surface area contributed by atoms with Crippen LogP contribution in [0.15, 0.2) is 65.7 Å². The highest BCUT2D eigenvalue weighted by Crippen LogP contribution is 2.56. The Hall–Kier alpha value is -2.92. The molecule has 38 heavy (non-hydrogen) atoms. The van der Waals surface area contributed by atoms with Crippen LogP contribution >= 0.6 is 11.6 Å². The first-order chi connectivity index (χ1) is 18.0. The fraction of sp³-hybridized carbons (Fsp3) is 0.333. The van der Waals surface area contributed by atoms with Crippen LogP contribution in [0.3, 0.4) is 0 Å². The number of aromatic nitrogens is 1. The third-order valence-corrected chi connectivity index (χ3v) is 10.4. The van der Waals surface area contributed by atoms with Crippen LogP contribution in [-0.2, 0) is 9.84 Å². The molecule has 200 valence electrons. The van der Waals surface area contributed by atoms with Crippen LogP contribution in [0.2, 0.25) is 5.02 Å². The summed E-state index contributed by atoms with van der Waals surface area (Å²) >= 11 is 6.28. The van der Waals surface area contributed by atoms with Gasteiger partial charge in [0.2, 0.25) is 0 Å². The largest absolute Gasteiger partial charge is 0.386 e. The number of sulfone groups is 1. The summed E-state index contributed by atoms with van der Waals surface area (Å²) in [5.41, 5.74) is -1.20. The minimum absolute atomic E-state index is 0.00265. The van der Waals surface area contributed by atoms with Crippen molar-refractivity contribution in [2.45, 2.75) is 47.5 Å². The number of benzene rings is 2. The first-order valence-corrected chi connectivity index (χ1v) is 14.1. The molecule has 2 saturated carbocycles. The quantitative estimate of drug-likeness (QED) is 0.401. The topological polar surface area (TPSA) is 117 Å². The molecule has 3 N–H and O–H groups in total. The van der Waals surface area contributed by atoms with Gasteiger partial charge in [-0.15, -0.1) is 0 Å². The summed E-state index contributed by atoms with van der Waals surface area (Å²) in [6, 6.07) is 11.7. The molecular formula is C27H25ClF2N2O5S. The molecule has 7 nitrogen and oxygen atoms in total. The SMILES string of the molecule is O=C(Nc1ccc(F)c(F)c1)c1ccc(Cl)c(S(=O)(=O)[C@@H]2C[C@H]3CC[C@@H](C2)[C@@]3(O)C(O)c2ccccn2)c1. The average molecular weight is 563 g/mol. The van der Waals surface area contributed by atoms with E-state index >= 15 is 0 Å². The van der Waals surface area contributed by atoms with E-state index in [1.165, 1.54) is 30.5 Å². The summed E-state index contributed by atoms with van der Waals surface area (Å²) in [4.78, 5) is 16.7. The van der Waals surface area contributed by atoms with Crippen LogP contribution in [0.5, 0.6) is 0 Å². The molecule has 0 spiro atoms. The number of aliphatic hydroxyl groups excluding tert-OH is 1. The molecular weight excluding hydrogens is 538 g/mol. The summed E-state index contributed by atoms with van der Waals surface area (Å²) in [6.45, 7) is 0. The molecule has 5 atom stereocenters. The van der Waals surface area contributed by atoms with Crippen LogP contribution in [0, 0.1) is 23.5 Å². The zero-order valence-corrected chi connectivity index (χ0v) is 21.6. The fourth-order valence-corrected chi connectivity index (χ4v) is 8.24. The molecule has 1 heterocycles. The zero-order chi connectivity index (χ0) is 27.2. The van der Waals surface area contributed by atoms with Crippen molar-refractivity contribution in [3.05, 3.63) is 88.7 Å². The standard InChI is InChI=1S/C27H25ClF2N2O5S/c28-20-8-4-15(26(34)32-18-7-9-21(29)22(30)14-18)11-24(20)38(36,37)19-12-16-5-6-17(13-19)27(16,35)25(33)23-3-1-2-10-31-23/h1-4,7-11,14,16-17,19,25,33,35H,5-6,12-13H2,(H,32,34)/t16-,17+,19-,25?,27-. The first kappa shape index (κ1) is 26.7. The van der Waals surface area contributed by atoms with Gasteiger partial charge in [0.25, 0.3) is 5.91 Å². The third-order valence-electron chi connectivity index (χ3n) is 7.79. The zero-order valence-electron chi connectivity index (χ0n) is 20.0. The predicted octanol–water partition coefficient (Wildman–Crippen LogP) is 4.69. The number of nitrogens with one attached hydrogen (secondary N) is 1. The van der Waals surface area contributed by atoms with Gasteiger partial charge in [0.1, 0.15) is 11.7 Å². The van der Waals surface area contributed by atoms with E-state index in [0.29, 0.717) is 18.5 Å². The van der Waals surface area contributed by atoms with Gasteiger partial charge in [-0.05, 0) is 80.0 Å². The second kappa shape index (κ2) is 10.00. The second-order valence-corrected chi connectivity index (χ2v) is 12.5. The van der Waals surface area contributed by atoms with Crippen molar-refractivity contribution in [1.82, 2.24) is 4.98 Å². The molecule has 5 rings (SSSR count). The van der Waals surface area contributed by atoms with Crippen molar-refractivity contribution in [2.24, 2.45) is 11.8 Å². The number of amides is 1. The monoisotopic (exact) mass is 562 g/mol. The minimum Gasteiger partial charge on any atom is -0.386 e. The summed E-state index contributed by atoms with van der Waals surface area (Å²) in [6.07, 6.45) is 1.61. The Morgan fingerprint density at radius 3 is 2.39 bits per heavy atom. The second-order valence-electron chi connectivity index (χ2n) is 9.88. The number of rotatable bonds is 6.